The van der Waals surface area contributed by atoms with Gasteiger partial charge >= 0.3 is 12.1 Å². The lowest BCUT2D eigenvalue weighted by Gasteiger charge is -2.30. The van der Waals surface area contributed by atoms with Crippen LogP contribution in [0.1, 0.15) is 30.5 Å². The summed E-state index contributed by atoms with van der Waals surface area (Å²) in [5.41, 5.74) is 2.10. The van der Waals surface area contributed by atoms with Gasteiger partial charge in [0.2, 0.25) is 5.91 Å². The van der Waals surface area contributed by atoms with Crippen molar-refractivity contribution in [1.82, 2.24) is 19.8 Å². The number of halogens is 4. The molecule has 3 aromatic rings. The number of carbonyl (C=O) groups excluding carboxylic acids is 1. The number of carboxylic acid groups (broad SMARTS) is 1. The normalized spacial score (nSPS) is 14.7. The highest BCUT2D eigenvalue weighted by molar-refractivity contribution is 7.99. The zero-order chi connectivity index (χ0) is 31.0. The summed E-state index contributed by atoms with van der Waals surface area (Å²) in [4.78, 5) is 42.0. The Balaban J connectivity index is 0.000000541. The van der Waals surface area contributed by atoms with E-state index in [-0.39, 0.29) is 30.4 Å². The molecule has 1 aliphatic carbocycles. The van der Waals surface area contributed by atoms with Gasteiger partial charge in [-0.15, -0.1) is 0 Å². The number of amides is 1. The number of fused-ring (bicyclic) bond motifs is 1. The fourth-order valence-corrected chi connectivity index (χ4v) is 5.59. The molecule has 0 atom stereocenters. The Kier molecular flexibility index (Phi) is 10.8. The fourth-order valence-electron chi connectivity index (χ4n) is 4.27. The van der Waals surface area contributed by atoms with E-state index < -0.39 is 12.1 Å². The highest BCUT2D eigenvalue weighted by Gasteiger charge is 2.38. The first-order valence-corrected chi connectivity index (χ1v) is 14.4. The maximum atomic E-state index is 13.7. The second-order valence-electron chi connectivity index (χ2n) is 9.81. The van der Waals surface area contributed by atoms with Crippen molar-refractivity contribution in [2.75, 3.05) is 26.2 Å². The molecule has 1 aliphatic heterocycles. The second-order valence-corrected chi connectivity index (χ2v) is 11.1. The fraction of sp³-hybridized carbons (Fsp3) is 0.379. The molecule has 2 aliphatic rings. The van der Waals surface area contributed by atoms with Crippen LogP contribution in [-0.4, -0.2) is 69.1 Å². The molecule has 2 heterocycles. The van der Waals surface area contributed by atoms with Crippen molar-refractivity contribution in [2.24, 2.45) is 0 Å². The molecule has 2 N–H and O–H groups in total. The lowest BCUT2D eigenvalue weighted by molar-refractivity contribution is -0.192. The Morgan fingerprint density at radius 2 is 1.77 bits per heavy atom. The number of carbonyl (C=O) groups is 2. The van der Waals surface area contributed by atoms with Gasteiger partial charge in [0, 0.05) is 24.8 Å². The van der Waals surface area contributed by atoms with Crippen LogP contribution in [0.4, 0.5) is 17.6 Å². The van der Waals surface area contributed by atoms with Gasteiger partial charge in [-0.2, -0.15) is 13.2 Å². The van der Waals surface area contributed by atoms with E-state index in [0.717, 1.165) is 29.4 Å². The molecule has 1 fully saturated rings. The molecule has 0 spiro atoms. The minimum Gasteiger partial charge on any atom is -0.492 e. The minimum atomic E-state index is -5.08. The van der Waals surface area contributed by atoms with E-state index in [1.54, 1.807) is 33.4 Å². The Morgan fingerprint density at radius 1 is 1.09 bits per heavy atom. The van der Waals surface area contributed by atoms with Gasteiger partial charge in [-0.05, 0) is 49.2 Å². The predicted molar refractivity (Wildman–Crippen MR) is 151 cm³/mol. The summed E-state index contributed by atoms with van der Waals surface area (Å²) in [6.45, 7) is 1.77. The predicted octanol–water partition coefficient (Wildman–Crippen LogP) is 4.20. The van der Waals surface area contributed by atoms with Crippen molar-refractivity contribution in [3.63, 3.8) is 0 Å². The number of aliphatic carboxylic acids is 1. The zero-order valence-electron chi connectivity index (χ0n) is 23.0. The molecule has 5 rings (SSSR count). The number of carboxylic acids is 1. The third-order valence-electron chi connectivity index (χ3n) is 6.77. The number of aromatic nitrogens is 2. The van der Waals surface area contributed by atoms with Crippen molar-refractivity contribution < 1.29 is 37.0 Å². The quantitative estimate of drug-likeness (QED) is 0.208. The van der Waals surface area contributed by atoms with E-state index in [4.69, 9.17) is 19.6 Å². The number of nitrogens with one attached hydrogen (secondary N) is 1. The highest BCUT2D eigenvalue weighted by Crippen LogP contribution is 2.36. The Bertz CT molecular complexity index is 1460. The molecular weight excluding hydrogens is 592 g/mol. The molecule has 1 saturated carbocycles. The Labute approximate surface area is 248 Å². The summed E-state index contributed by atoms with van der Waals surface area (Å²) in [6, 6.07) is 15.4. The third-order valence-corrected chi connectivity index (χ3v) is 8.06. The van der Waals surface area contributed by atoms with Crippen LogP contribution in [0.15, 0.2) is 64.5 Å². The Hall–Kier alpha value is -3.91. The smallest absolute Gasteiger partial charge is 0.490 e. The van der Waals surface area contributed by atoms with Crippen LogP contribution >= 0.6 is 11.8 Å². The summed E-state index contributed by atoms with van der Waals surface area (Å²) >= 11 is 1.69. The van der Waals surface area contributed by atoms with Crippen LogP contribution in [0, 0.1) is 5.82 Å². The maximum Gasteiger partial charge on any atom is 0.490 e. The number of thioether (sulfide) groups is 1. The van der Waals surface area contributed by atoms with E-state index in [0.29, 0.717) is 42.7 Å². The number of para-hydroxylation sites is 1. The van der Waals surface area contributed by atoms with Gasteiger partial charge in [0.25, 0.3) is 5.56 Å². The molecule has 0 saturated heterocycles. The lowest BCUT2D eigenvalue weighted by atomic mass is 10.0. The van der Waals surface area contributed by atoms with E-state index in [9.17, 15) is 27.2 Å². The molecule has 2 aromatic carbocycles. The van der Waals surface area contributed by atoms with Crippen molar-refractivity contribution in [3.05, 3.63) is 82.0 Å². The molecule has 0 radical (unpaired) electrons. The van der Waals surface area contributed by atoms with E-state index in [2.05, 4.69) is 5.32 Å². The van der Waals surface area contributed by atoms with Crippen LogP contribution in [-0.2, 0) is 22.6 Å². The average molecular weight is 623 g/mol. The number of nitrogens with zero attached hydrogens (tertiary/aromatic N) is 3. The van der Waals surface area contributed by atoms with Crippen LogP contribution in [0.5, 0.6) is 5.75 Å². The first kappa shape index (κ1) is 32.0. The third kappa shape index (κ3) is 8.80. The van der Waals surface area contributed by atoms with Gasteiger partial charge in [-0.25, -0.2) is 14.2 Å². The first-order chi connectivity index (χ1) is 20.5. The molecule has 14 heteroatoms. The SMILES string of the molecule is O=C(CNCCOc1ccc(F)cc1)N1CCc2nc(SC3CCC3)n(-c3ccccc3)c(=O)c2C1.O=C(O)C(F)(F)F. The monoisotopic (exact) mass is 622 g/mol. The van der Waals surface area contributed by atoms with Crippen molar-refractivity contribution in [1.29, 1.82) is 0 Å². The van der Waals surface area contributed by atoms with Gasteiger partial charge < -0.3 is 20.1 Å². The standard InChI is InChI=1S/C27H29FN4O3S.C2HF3O2/c28-19-9-11-21(12-10-19)35-16-14-29-17-25(33)31-15-13-24-23(18-31)26(34)32(20-5-2-1-3-6-20)27(30-24)36-22-7-4-8-22;3-2(4,5)1(6)7/h1-3,5-6,9-12,22,29H,4,7-8,13-18H2;(H,6,7). The minimum absolute atomic E-state index is 0.0685. The molecule has 0 unspecified atom stereocenters. The molecule has 43 heavy (non-hydrogen) atoms. The number of benzene rings is 2. The number of ether oxygens (including phenoxy) is 1. The Morgan fingerprint density at radius 3 is 2.37 bits per heavy atom. The number of hydrogen-bond acceptors (Lipinski definition) is 7. The topological polar surface area (TPSA) is 114 Å². The number of hydrogen-bond donors (Lipinski definition) is 2. The zero-order valence-corrected chi connectivity index (χ0v) is 23.8. The summed E-state index contributed by atoms with van der Waals surface area (Å²) < 4.78 is 52.0. The lowest BCUT2D eigenvalue weighted by Crippen LogP contribution is -2.44. The molecule has 0 bridgehead atoms. The molecule has 230 valence electrons. The van der Waals surface area contributed by atoms with Gasteiger partial charge in [0.1, 0.15) is 18.2 Å². The van der Waals surface area contributed by atoms with E-state index in [1.807, 2.05) is 30.3 Å². The number of alkyl halides is 3. The van der Waals surface area contributed by atoms with Crippen LogP contribution in [0.25, 0.3) is 5.69 Å². The van der Waals surface area contributed by atoms with Crippen LogP contribution in [0.2, 0.25) is 0 Å². The summed E-state index contributed by atoms with van der Waals surface area (Å²) in [5.74, 6) is -2.56. The van der Waals surface area contributed by atoms with Crippen LogP contribution in [0.3, 0.4) is 0 Å². The molecule has 1 aromatic heterocycles. The van der Waals surface area contributed by atoms with Crippen molar-refractivity contribution in [3.8, 4) is 11.4 Å². The molecular formula is C29H30F4N4O5S. The first-order valence-electron chi connectivity index (χ1n) is 13.6. The summed E-state index contributed by atoms with van der Waals surface area (Å²) in [6.07, 6.45) is -0.993. The van der Waals surface area contributed by atoms with E-state index in [1.165, 1.54) is 18.6 Å². The largest absolute Gasteiger partial charge is 0.492 e. The second kappa shape index (κ2) is 14.5. The van der Waals surface area contributed by atoms with Crippen LogP contribution < -0.4 is 15.6 Å². The molecule has 9 nitrogen and oxygen atoms in total. The van der Waals surface area contributed by atoms with E-state index >= 15 is 0 Å². The van der Waals surface area contributed by atoms with Crippen molar-refractivity contribution >= 4 is 23.6 Å². The maximum absolute atomic E-state index is 13.7. The van der Waals surface area contributed by atoms with Crippen molar-refractivity contribution in [2.45, 2.75) is 48.8 Å². The summed E-state index contributed by atoms with van der Waals surface area (Å²) in [7, 11) is 0. The van der Waals surface area contributed by atoms with Gasteiger partial charge in [-0.3, -0.25) is 14.2 Å². The van der Waals surface area contributed by atoms with Gasteiger partial charge in [0.05, 0.1) is 30.0 Å². The molecule has 1 amide bonds. The van der Waals surface area contributed by atoms with Gasteiger partial charge in [-0.1, -0.05) is 36.4 Å². The number of rotatable bonds is 9. The van der Waals surface area contributed by atoms with Gasteiger partial charge in [0.15, 0.2) is 5.16 Å². The highest BCUT2D eigenvalue weighted by atomic mass is 32.2. The average Bonchev–Trinajstić information content (AvgIpc) is 2.96. The summed E-state index contributed by atoms with van der Waals surface area (Å²) in [5, 5.41) is 11.5.